The number of benzene rings is 2. The second-order valence-electron chi connectivity index (χ2n) is 15.4. The molecule has 2 rings (SSSR count). The largest absolute Gasteiger partial charge is 0.294 e. The van der Waals surface area contributed by atoms with E-state index in [0.717, 1.165) is 11.1 Å². The maximum atomic E-state index is 13.2. The molecule has 0 radical (unpaired) electrons. The summed E-state index contributed by atoms with van der Waals surface area (Å²) in [5.41, 5.74) is 1.72. The van der Waals surface area contributed by atoms with Crippen LogP contribution in [0.1, 0.15) is 94.2 Å². The zero-order chi connectivity index (χ0) is 31.7. The Morgan fingerprint density at radius 3 is 0.900 bits per heavy atom. The topological polar surface area (TPSA) is 109 Å². The zero-order valence-corrected chi connectivity index (χ0v) is 30.4. The molecule has 6 nitrogen and oxygen atoms in total. The van der Waals surface area contributed by atoms with Crippen molar-refractivity contribution in [1.82, 2.24) is 0 Å². The van der Waals surface area contributed by atoms with Crippen molar-refractivity contribution in [3.63, 3.8) is 0 Å². The maximum absolute atomic E-state index is 13.2. The lowest BCUT2D eigenvalue weighted by atomic mass is 10.2. The second kappa shape index (κ2) is 10.2. The highest BCUT2D eigenvalue weighted by atomic mass is 32.2. The van der Waals surface area contributed by atoms with E-state index in [2.05, 4.69) is 83.1 Å². The molecule has 0 saturated heterocycles. The Labute approximate surface area is 245 Å². The van der Waals surface area contributed by atoms with Gasteiger partial charge in [0, 0.05) is 0 Å². The Balaban J connectivity index is 3.77. The summed E-state index contributed by atoms with van der Waals surface area (Å²) in [5, 5.41) is -0.905. The molecule has 10 heteroatoms. The van der Waals surface area contributed by atoms with Gasteiger partial charge in [-0.15, -0.1) is 0 Å². The van der Waals surface area contributed by atoms with Crippen molar-refractivity contribution in [3.05, 3.63) is 47.5 Å². The quantitative estimate of drug-likeness (QED) is 0.271. The third-order valence-corrected chi connectivity index (χ3v) is 37.4. The molecule has 0 fully saturated rings. The number of rotatable bonds is 5. The Hall–Kier alpha value is -1.31. The molecular formula is C30H50O6S2Si2. The summed E-state index contributed by atoms with van der Waals surface area (Å²) < 4.78 is 74.1. The van der Waals surface area contributed by atoms with Crippen LogP contribution in [-0.4, -0.2) is 41.1 Å². The first-order valence-electron chi connectivity index (χ1n) is 13.7. The van der Waals surface area contributed by atoms with Gasteiger partial charge in [-0.3, -0.25) is 9.11 Å². The fourth-order valence-corrected chi connectivity index (χ4v) is 44.2. The van der Waals surface area contributed by atoms with E-state index in [4.69, 9.17) is 0 Å². The molecular weight excluding hydrogens is 577 g/mol. The smallest absolute Gasteiger partial charge is 0.282 e. The van der Waals surface area contributed by atoms with Crippen LogP contribution in [0.4, 0.5) is 0 Å². The highest BCUT2D eigenvalue weighted by Crippen LogP contribution is 2.66. The van der Waals surface area contributed by atoms with Crippen LogP contribution in [-0.2, 0) is 20.2 Å². The summed E-state index contributed by atoms with van der Waals surface area (Å²) in [7, 11) is -16.2. The van der Waals surface area contributed by atoms with E-state index in [-0.39, 0.29) is 9.79 Å². The molecule has 0 aliphatic rings. The predicted molar refractivity (Wildman–Crippen MR) is 172 cm³/mol. The lowest BCUT2D eigenvalue weighted by Crippen LogP contribution is -2.88. The normalized spacial score (nSPS) is 14.9. The summed E-state index contributed by atoms with van der Waals surface area (Å²) >= 11 is 0. The van der Waals surface area contributed by atoms with Crippen molar-refractivity contribution in [3.8, 4) is 0 Å². The van der Waals surface area contributed by atoms with Gasteiger partial charge < -0.3 is 0 Å². The summed E-state index contributed by atoms with van der Waals surface area (Å²) in [6, 6.07) is 10.3. The highest BCUT2D eigenvalue weighted by molar-refractivity contribution is 7.86. The van der Waals surface area contributed by atoms with E-state index in [0.29, 0.717) is 10.4 Å². The monoisotopic (exact) mass is 626 g/mol. The molecule has 0 saturated carbocycles. The number of aryl methyl sites for hydroxylation is 2. The molecule has 0 unspecified atom stereocenters. The standard InChI is InChI=1S/C30H50O6S2Si2/c1-21-15-17-23(37(31,32)33)25(19-21)39(27(3,4)5,28(6,7)8)40(29(9,10)11,30(12,13)14)26-20-22(2)16-18-24(26)38(34,35)36/h15-20H,1-14H3,(H,31,32,33)(H,34,35,36). The minimum atomic E-state index is -4.64. The molecule has 40 heavy (non-hydrogen) atoms. The van der Waals surface area contributed by atoms with Gasteiger partial charge in [-0.25, -0.2) is 0 Å². The molecule has 0 atom stereocenters. The van der Waals surface area contributed by atoms with Gasteiger partial charge in [0.05, 0.1) is 25.0 Å². The molecule has 0 bridgehead atoms. The van der Waals surface area contributed by atoms with Gasteiger partial charge in [-0.1, -0.05) is 118 Å². The molecule has 2 aromatic carbocycles. The van der Waals surface area contributed by atoms with Crippen LogP contribution in [0.3, 0.4) is 0 Å². The SMILES string of the molecule is Cc1ccc(S(=O)(=O)O)c([Si](C(C)(C)C)(C(C)(C)C)[Si](c2cc(C)ccc2S(=O)(=O)O)(C(C)(C)C)C(C)(C)C)c1. The minimum Gasteiger partial charge on any atom is -0.282 e. The summed E-state index contributed by atoms with van der Waals surface area (Å²) in [6.45, 7) is 29.5. The van der Waals surface area contributed by atoms with Gasteiger partial charge in [0.2, 0.25) is 0 Å². The number of hydrogen-bond acceptors (Lipinski definition) is 4. The Morgan fingerprint density at radius 1 is 0.500 bits per heavy atom. The van der Waals surface area contributed by atoms with Crippen molar-refractivity contribution in [1.29, 1.82) is 0 Å². The molecule has 226 valence electrons. The number of hydrogen-bond donors (Lipinski definition) is 2. The molecule has 2 N–H and O–H groups in total. The summed E-state index contributed by atoms with van der Waals surface area (Å²) in [4.78, 5) is -0.220. The molecule has 0 aliphatic heterocycles. The third-order valence-electron chi connectivity index (χ3n) is 8.70. The fourth-order valence-electron chi connectivity index (χ4n) is 8.84. The van der Waals surface area contributed by atoms with Crippen LogP contribution in [0.5, 0.6) is 0 Å². The fraction of sp³-hybridized carbons (Fsp3) is 0.600. The second-order valence-corrected chi connectivity index (χ2v) is 32.8. The van der Waals surface area contributed by atoms with Gasteiger partial charge >= 0.3 is 0 Å². The maximum Gasteiger partial charge on any atom is 0.294 e. The van der Waals surface area contributed by atoms with Crippen molar-refractivity contribution < 1.29 is 25.9 Å². The van der Waals surface area contributed by atoms with Gasteiger partial charge in [0.15, 0.2) is 0 Å². The van der Waals surface area contributed by atoms with Crippen molar-refractivity contribution >= 4 is 45.8 Å². The van der Waals surface area contributed by atoms with Crippen LogP contribution in [0.15, 0.2) is 46.2 Å². The van der Waals surface area contributed by atoms with E-state index in [9.17, 15) is 25.9 Å². The van der Waals surface area contributed by atoms with Gasteiger partial charge in [-0.2, -0.15) is 16.8 Å². The summed E-state index contributed by atoms with van der Waals surface area (Å²) in [6.07, 6.45) is 0. The molecule has 0 aromatic heterocycles. The van der Waals surface area contributed by atoms with Gasteiger partial charge in [0.1, 0.15) is 0 Å². The van der Waals surface area contributed by atoms with Crippen LogP contribution in [0, 0.1) is 13.8 Å². The van der Waals surface area contributed by atoms with Crippen molar-refractivity contribution in [2.75, 3.05) is 0 Å². The molecule has 0 aliphatic carbocycles. The van der Waals surface area contributed by atoms with Crippen molar-refractivity contribution in [2.45, 2.75) is 127 Å². The van der Waals surface area contributed by atoms with Crippen LogP contribution in [0.2, 0.25) is 20.2 Å². The van der Waals surface area contributed by atoms with E-state index in [1.54, 1.807) is 12.1 Å². The van der Waals surface area contributed by atoms with Gasteiger partial charge in [-0.05, 0) is 56.5 Å². The Bertz CT molecular complexity index is 1360. The average Bonchev–Trinajstić information content (AvgIpc) is 2.65. The third kappa shape index (κ3) is 5.33. The summed E-state index contributed by atoms with van der Waals surface area (Å²) in [5.74, 6) is 0. The first-order valence-corrected chi connectivity index (χ1v) is 21.5. The molecule has 0 amide bonds. The lowest BCUT2D eigenvalue weighted by Gasteiger charge is -2.70. The first kappa shape index (κ1) is 34.9. The van der Waals surface area contributed by atoms with Crippen LogP contribution < -0.4 is 10.4 Å². The van der Waals surface area contributed by atoms with E-state index < -0.39 is 55.6 Å². The van der Waals surface area contributed by atoms with Crippen molar-refractivity contribution in [2.24, 2.45) is 0 Å². The first-order chi connectivity index (χ1) is 17.5. The molecule has 2 aromatic rings. The lowest BCUT2D eigenvalue weighted by molar-refractivity contribution is 0.481. The molecule has 0 heterocycles. The highest BCUT2D eigenvalue weighted by Gasteiger charge is 2.75. The van der Waals surface area contributed by atoms with Gasteiger partial charge in [0.25, 0.3) is 20.2 Å². The zero-order valence-electron chi connectivity index (χ0n) is 26.8. The van der Waals surface area contributed by atoms with E-state index >= 15 is 0 Å². The average molecular weight is 627 g/mol. The minimum absolute atomic E-state index is 0.110. The van der Waals surface area contributed by atoms with E-state index in [1.165, 1.54) is 12.1 Å². The Morgan fingerprint density at radius 2 is 0.725 bits per heavy atom. The van der Waals surface area contributed by atoms with Crippen LogP contribution >= 0.6 is 0 Å². The van der Waals surface area contributed by atoms with Crippen LogP contribution in [0.25, 0.3) is 0 Å². The van der Waals surface area contributed by atoms with E-state index in [1.807, 2.05) is 26.0 Å². The Kier molecular flexibility index (Phi) is 8.86. The predicted octanol–water partition coefficient (Wildman–Crippen LogP) is 7.09. The molecule has 0 spiro atoms.